The molecular formula is C22H26N4O3. The number of amides is 1. The van der Waals surface area contributed by atoms with Crippen molar-refractivity contribution in [2.45, 2.75) is 44.2 Å². The molecule has 2 fully saturated rings. The van der Waals surface area contributed by atoms with E-state index in [-0.39, 0.29) is 11.5 Å². The number of carbonyl (C=O) groups excluding carboxylic acids is 1. The molecule has 152 valence electrons. The third-order valence-electron chi connectivity index (χ3n) is 6.74. The molecule has 7 heteroatoms. The molecule has 0 radical (unpaired) electrons. The summed E-state index contributed by atoms with van der Waals surface area (Å²) in [6.45, 7) is 3.35. The van der Waals surface area contributed by atoms with Crippen molar-refractivity contribution in [1.82, 2.24) is 19.8 Å². The Morgan fingerprint density at radius 3 is 2.52 bits per heavy atom. The smallest absolute Gasteiger partial charge is 0.335 e. The van der Waals surface area contributed by atoms with Crippen molar-refractivity contribution in [3.8, 4) is 0 Å². The zero-order valence-electron chi connectivity index (χ0n) is 16.4. The molecule has 29 heavy (non-hydrogen) atoms. The van der Waals surface area contributed by atoms with E-state index in [4.69, 9.17) is 5.11 Å². The summed E-state index contributed by atoms with van der Waals surface area (Å²) in [5, 5.41) is 9.06. The molecule has 1 aromatic heterocycles. The standard InChI is InChI=1S/C22H26N4O3/c27-20(16-5-6-16)26-10-7-18-19(24-14-23-18)22(26)8-11-25(12-9-22)13-15-1-3-17(4-2-15)21(28)29/h1-4,14,16H,5-13H2,(H,23,24)(H,28,29). The average Bonchev–Trinajstić information content (AvgIpc) is 3.47. The van der Waals surface area contributed by atoms with Crippen LogP contribution in [0, 0.1) is 5.92 Å². The maximum atomic E-state index is 13.1. The normalized spacial score (nSPS) is 21.2. The van der Waals surface area contributed by atoms with Crippen LogP contribution in [-0.2, 0) is 23.3 Å². The Hall–Kier alpha value is -2.67. The summed E-state index contributed by atoms with van der Waals surface area (Å²) >= 11 is 0. The number of imidazole rings is 1. The number of aromatic carboxylic acids is 1. The molecule has 1 aromatic carbocycles. The van der Waals surface area contributed by atoms with Gasteiger partial charge in [0.25, 0.3) is 0 Å². The number of carboxylic acid groups (broad SMARTS) is 1. The van der Waals surface area contributed by atoms with Gasteiger partial charge in [0.15, 0.2) is 0 Å². The van der Waals surface area contributed by atoms with Gasteiger partial charge in [-0.25, -0.2) is 9.78 Å². The minimum Gasteiger partial charge on any atom is -0.478 e. The first kappa shape index (κ1) is 18.4. The number of fused-ring (bicyclic) bond motifs is 2. The molecule has 1 aliphatic carbocycles. The summed E-state index contributed by atoms with van der Waals surface area (Å²) in [6, 6.07) is 7.11. The number of benzene rings is 1. The Bertz CT molecular complexity index is 924. The third kappa shape index (κ3) is 3.23. The van der Waals surface area contributed by atoms with Gasteiger partial charge in [0.2, 0.25) is 5.91 Å². The maximum Gasteiger partial charge on any atom is 0.335 e. The van der Waals surface area contributed by atoms with Crippen molar-refractivity contribution in [1.29, 1.82) is 0 Å². The molecule has 1 saturated carbocycles. The van der Waals surface area contributed by atoms with Crippen LogP contribution >= 0.6 is 0 Å². The van der Waals surface area contributed by atoms with Crippen LogP contribution in [0.5, 0.6) is 0 Å². The fraction of sp³-hybridized carbons (Fsp3) is 0.500. The van der Waals surface area contributed by atoms with E-state index >= 15 is 0 Å². The lowest BCUT2D eigenvalue weighted by Crippen LogP contribution is -2.58. The highest BCUT2D eigenvalue weighted by molar-refractivity contribution is 5.87. The van der Waals surface area contributed by atoms with Gasteiger partial charge in [0, 0.05) is 44.2 Å². The minimum atomic E-state index is -0.899. The molecule has 5 rings (SSSR count). The Balaban J connectivity index is 1.33. The van der Waals surface area contributed by atoms with Crippen LogP contribution in [0.1, 0.15) is 53.0 Å². The highest BCUT2D eigenvalue weighted by Crippen LogP contribution is 2.45. The number of nitrogens with one attached hydrogen (secondary N) is 1. The monoisotopic (exact) mass is 394 g/mol. The number of aromatic nitrogens is 2. The predicted molar refractivity (Wildman–Crippen MR) is 106 cm³/mol. The minimum absolute atomic E-state index is 0.221. The number of aromatic amines is 1. The number of hydrogen-bond acceptors (Lipinski definition) is 4. The summed E-state index contributed by atoms with van der Waals surface area (Å²) < 4.78 is 0. The van der Waals surface area contributed by atoms with Crippen molar-refractivity contribution in [3.05, 3.63) is 53.1 Å². The van der Waals surface area contributed by atoms with Crippen molar-refractivity contribution in [2.24, 2.45) is 5.92 Å². The summed E-state index contributed by atoms with van der Waals surface area (Å²) in [5.41, 5.74) is 3.40. The van der Waals surface area contributed by atoms with Crippen molar-refractivity contribution in [2.75, 3.05) is 19.6 Å². The number of H-pyrrole nitrogens is 1. The Kier molecular flexibility index (Phi) is 4.42. The summed E-state index contributed by atoms with van der Waals surface area (Å²) in [4.78, 5) is 36.6. The molecule has 1 saturated heterocycles. The van der Waals surface area contributed by atoms with Gasteiger partial charge in [-0.05, 0) is 43.4 Å². The first-order valence-electron chi connectivity index (χ1n) is 10.5. The Morgan fingerprint density at radius 2 is 1.86 bits per heavy atom. The molecule has 1 amide bonds. The topological polar surface area (TPSA) is 89.5 Å². The third-order valence-corrected chi connectivity index (χ3v) is 6.74. The van der Waals surface area contributed by atoms with E-state index in [1.165, 1.54) is 5.69 Å². The van der Waals surface area contributed by atoms with Crippen LogP contribution in [0.3, 0.4) is 0 Å². The first-order valence-corrected chi connectivity index (χ1v) is 10.5. The van der Waals surface area contributed by atoms with Gasteiger partial charge in [0.1, 0.15) is 0 Å². The van der Waals surface area contributed by atoms with Crippen LogP contribution in [0.15, 0.2) is 30.6 Å². The SMILES string of the molecule is O=C(O)c1ccc(CN2CCC3(CC2)c2nc[nH]c2CCN3C(=O)C2CC2)cc1. The number of hydrogen-bond donors (Lipinski definition) is 2. The lowest BCUT2D eigenvalue weighted by molar-refractivity contribution is -0.143. The van der Waals surface area contributed by atoms with E-state index < -0.39 is 5.97 Å². The lowest BCUT2D eigenvalue weighted by atomic mass is 9.78. The van der Waals surface area contributed by atoms with E-state index in [0.717, 1.165) is 69.5 Å². The van der Waals surface area contributed by atoms with E-state index in [9.17, 15) is 9.59 Å². The molecule has 2 N–H and O–H groups in total. The fourth-order valence-corrected chi connectivity index (χ4v) is 4.95. The lowest BCUT2D eigenvalue weighted by Gasteiger charge is -2.50. The summed E-state index contributed by atoms with van der Waals surface area (Å²) in [6.07, 6.45) is 6.45. The van der Waals surface area contributed by atoms with Gasteiger partial charge >= 0.3 is 5.97 Å². The van der Waals surface area contributed by atoms with Crippen molar-refractivity contribution < 1.29 is 14.7 Å². The predicted octanol–water partition coefficient (Wildman–Crippen LogP) is 2.39. The molecule has 1 spiro atoms. The van der Waals surface area contributed by atoms with Crippen molar-refractivity contribution in [3.63, 3.8) is 0 Å². The molecule has 0 bridgehead atoms. The highest BCUT2D eigenvalue weighted by Gasteiger charge is 2.50. The molecule has 3 heterocycles. The van der Waals surface area contributed by atoms with E-state index in [1.807, 2.05) is 12.1 Å². The summed E-state index contributed by atoms with van der Waals surface area (Å²) in [5.74, 6) is -0.363. The van der Waals surface area contributed by atoms with Gasteiger partial charge in [-0.15, -0.1) is 0 Å². The van der Waals surface area contributed by atoms with E-state index in [0.29, 0.717) is 11.5 Å². The van der Waals surface area contributed by atoms with Crippen LogP contribution < -0.4 is 0 Å². The Morgan fingerprint density at radius 1 is 1.14 bits per heavy atom. The number of carboxylic acids is 1. The number of nitrogens with zero attached hydrogens (tertiary/aromatic N) is 3. The maximum absolute atomic E-state index is 13.1. The van der Waals surface area contributed by atoms with Crippen LogP contribution in [0.25, 0.3) is 0 Å². The number of carbonyl (C=O) groups is 2. The largest absolute Gasteiger partial charge is 0.478 e. The van der Waals surface area contributed by atoms with Crippen LogP contribution in [-0.4, -0.2) is 56.4 Å². The fourth-order valence-electron chi connectivity index (χ4n) is 4.95. The molecule has 0 atom stereocenters. The van der Waals surface area contributed by atoms with Gasteiger partial charge in [-0.2, -0.15) is 0 Å². The number of likely N-dealkylation sites (tertiary alicyclic amines) is 1. The van der Waals surface area contributed by atoms with Crippen LogP contribution in [0.2, 0.25) is 0 Å². The zero-order valence-corrected chi connectivity index (χ0v) is 16.4. The number of piperidine rings is 1. The second-order valence-corrected chi connectivity index (χ2v) is 8.55. The molecular weight excluding hydrogens is 368 g/mol. The number of rotatable bonds is 4. The second-order valence-electron chi connectivity index (χ2n) is 8.55. The van der Waals surface area contributed by atoms with Gasteiger partial charge in [-0.3, -0.25) is 9.69 Å². The second kappa shape index (κ2) is 6.99. The molecule has 2 aliphatic heterocycles. The zero-order chi connectivity index (χ0) is 20.0. The quantitative estimate of drug-likeness (QED) is 0.831. The van der Waals surface area contributed by atoms with Gasteiger partial charge < -0.3 is 15.0 Å². The molecule has 0 unspecified atom stereocenters. The summed E-state index contributed by atoms with van der Waals surface area (Å²) in [7, 11) is 0. The van der Waals surface area contributed by atoms with E-state index in [2.05, 4.69) is 19.8 Å². The van der Waals surface area contributed by atoms with Gasteiger partial charge in [-0.1, -0.05) is 12.1 Å². The molecule has 2 aromatic rings. The molecule has 7 nitrogen and oxygen atoms in total. The van der Waals surface area contributed by atoms with Crippen LogP contribution in [0.4, 0.5) is 0 Å². The Labute approximate surface area is 169 Å². The van der Waals surface area contributed by atoms with Gasteiger partial charge in [0.05, 0.1) is 23.1 Å². The first-order chi connectivity index (χ1) is 14.1. The van der Waals surface area contributed by atoms with E-state index in [1.54, 1.807) is 18.5 Å². The molecule has 3 aliphatic rings. The average molecular weight is 394 g/mol. The highest BCUT2D eigenvalue weighted by atomic mass is 16.4. The van der Waals surface area contributed by atoms with Crippen molar-refractivity contribution >= 4 is 11.9 Å².